The first-order valence-electron chi connectivity index (χ1n) is 4.43. The monoisotopic (exact) mass is 259 g/mol. The first-order valence-corrected chi connectivity index (χ1v) is 5.24. The third-order valence-corrected chi connectivity index (χ3v) is 2.97. The number of rotatable bonds is 3. The van der Waals surface area contributed by atoms with Crippen LogP contribution in [0.15, 0.2) is 32.9 Å². The molecule has 0 spiro atoms. The second-order valence-electron chi connectivity index (χ2n) is 2.99. The Balaban J connectivity index is 3.17. The predicted octanol–water partition coefficient (Wildman–Crippen LogP) is 1.33. The summed E-state index contributed by atoms with van der Waals surface area (Å²) in [6, 6.07) is 0. The molecular formula is C9H11Cl2N5. The quantitative estimate of drug-likeness (QED) is 0.234. The Bertz CT molecular complexity index is 408. The summed E-state index contributed by atoms with van der Waals surface area (Å²) in [5.41, 5.74) is 6.37. The highest BCUT2D eigenvalue weighted by molar-refractivity contribution is 6.51. The summed E-state index contributed by atoms with van der Waals surface area (Å²) in [5.74, 6) is 5.25. The molecule has 0 aromatic rings. The molecule has 0 aromatic heterocycles. The molecule has 1 unspecified atom stereocenters. The molecule has 86 valence electrons. The van der Waals surface area contributed by atoms with Gasteiger partial charge in [0.05, 0.1) is 5.38 Å². The minimum absolute atomic E-state index is 0.0288. The number of halogens is 2. The van der Waals surface area contributed by atoms with Crippen LogP contribution in [-0.2, 0) is 0 Å². The van der Waals surface area contributed by atoms with E-state index in [-0.39, 0.29) is 16.9 Å². The zero-order chi connectivity index (χ0) is 12.1. The minimum Gasteiger partial charge on any atom is -0.382 e. The van der Waals surface area contributed by atoms with Gasteiger partial charge >= 0.3 is 0 Å². The van der Waals surface area contributed by atoms with E-state index in [0.717, 1.165) is 6.34 Å². The van der Waals surface area contributed by atoms with Crippen molar-refractivity contribution in [3.8, 4) is 0 Å². The standard InChI is InChI=1S/C9H11Cl2N5/c10-6-3-1-2-5(7(6)11)8(16-14)9(13)15-4-12/h1-2,4,6H,3,14H2,(H3,12,13,15)/b16-8-. The first kappa shape index (κ1) is 12.7. The van der Waals surface area contributed by atoms with E-state index >= 15 is 0 Å². The van der Waals surface area contributed by atoms with Gasteiger partial charge in [-0.3, -0.25) is 5.41 Å². The van der Waals surface area contributed by atoms with E-state index in [0.29, 0.717) is 17.0 Å². The Labute approximate surface area is 103 Å². The third kappa shape index (κ3) is 2.62. The average molecular weight is 260 g/mol. The zero-order valence-electron chi connectivity index (χ0n) is 8.32. The fourth-order valence-corrected chi connectivity index (χ4v) is 1.72. The largest absolute Gasteiger partial charge is 0.382 e. The van der Waals surface area contributed by atoms with E-state index in [4.69, 9.17) is 40.2 Å². The normalized spacial score (nSPS) is 22.5. The van der Waals surface area contributed by atoms with Crippen molar-refractivity contribution in [2.75, 3.05) is 0 Å². The topological polar surface area (TPSA) is 101 Å². The second kappa shape index (κ2) is 5.67. The fourth-order valence-electron chi connectivity index (χ4n) is 1.25. The Morgan fingerprint density at radius 1 is 1.62 bits per heavy atom. The van der Waals surface area contributed by atoms with Gasteiger partial charge in [0.15, 0.2) is 5.84 Å². The van der Waals surface area contributed by atoms with E-state index in [9.17, 15) is 0 Å². The second-order valence-corrected chi connectivity index (χ2v) is 3.92. The highest BCUT2D eigenvalue weighted by atomic mass is 35.5. The van der Waals surface area contributed by atoms with Crippen molar-refractivity contribution in [3.05, 3.63) is 22.8 Å². The third-order valence-electron chi connectivity index (χ3n) is 1.99. The summed E-state index contributed by atoms with van der Waals surface area (Å²) in [7, 11) is 0. The van der Waals surface area contributed by atoms with Crippen LogP contribution in [0.1, 0.15) is 6.42 Å². The smallest absolute Gasteiger partial charge is 0.153 e. The van der Waals surface area contributed by atoms with Gasteiger partial charge in [-0.1, -0.05) is 23.8 Å². The molecule has 5 nitrogen and oxygen atoms in total. The van der Waals surface area contributed by atoms with Crippen LogP contribution in [0.3, 0.4) is 0 Å². The van der Waals surface area contributed by atoms with Gasteiger partial charge in [-0.05, 0) is 6.42 Å². The van der Waals surface area contributed by atoms with Gasteiger partial charge in [0.2, 0.25) is 0 Å². The summed E-state index contributed by atoms with van der Waals surface area (Å²) in [4.78, 5) is 3.59. The van der Waals surface area contributed by atoms with Crippen LogP contribution >= 0.6 is 23.2 Å². The molecule has 1 rings (SSSR count). The SMILES string of the molecule is N=CN=C(N)/C(=N\N)C1=C(Cl)C(Cl)CC=C1. The number of hydrogen-bond acceptors (Lipinski definition) is 3. The maximum absolute atomic E-state index is 6.82. The minimum atomic E-state index is -0.314. The van der Waals surface area contributed by atoms with Crippen molar-refractivity contribution in [2.24, 2.45) is 21.7 Å². The van der Waals surface area contributed by atoms with Gasteiger partial charge in [-0.15, -0.1) is 11.6 Å². The highest BCUT2D eigenvalue weighted by Gasteiger charge is 2.21. The van der Waals surface area contributed by atoms with Gasteiger partial charge < -0.3 is 11.6 Å². The molecule has 0 heterocycles. The van der Waals surface area contributed by atoms with Crippen molar-refractivity contribution < 1.29 is 0 Å². The van der Waals surface area contributed by atoms with Gasteiger partial charge in [0.25, 0.3) is 0 Å². The van der Waals surface area contributed by atoms with Crippen molar-refractivity contribution >= 4 is 41.1 Å². The number of allylic oxidation sites excluding steroid dienone is 3. The molecule has 5 N–H and O–H groups in total. The summed E-state index contributed by atoms with van der Waals surface area (Å²) >= 11 is 12.0. The number of hydrazone groups is 1. The zero-order valence-corrected chi connectivity index (χ0v) is 9.83. The van der Waals surface area contributed by atoms with Gasteiger partial charge in [0, 0.05) is 10.6 Å². The number of nitrogens with one attached hydrogen (secondary N) is 1. The lowest BCUT2D eigenvalue weighted by molar-refractivity contribution is 1.02. The van der Waals surface area contributed by atoms with Crippen LogP contribution in [0.5, 0.6) is 0 Å². The molecular weight excluding hydrogens is 249 g/mol. The average Bonchev–Trinajstić information content (AvgIpc) is 2.25. The van der Waals surface area contributed by atoms with Gasteiger partial charge in [-0.25, -0.2) is 4.99 Å². The van der Waals surface area contributed by atoms with Crippen LogP contribution in [-0.4, -0.2) is 23.3 Å². The molecule has 0 amide bonds. The van der Waals surface area contributed by atoms with E-state index < -0.39 is 0 Å². The van der Waals surface area contributed by atoms with Crippen LogP contribution in [0, 0.1) is 5.41 Å². The van der Waals surface area contributed by atoms with Gasteiger partial charge in [-0.2, -0.15) is 5.10 Å². The first-order chi connectivity index (χ1) is 7.61. The lowest BCUT2D eigenvalue weighted by Gasteiger charge is -2.16. The maximum Gasteiger partial charge on any atom is 0.153 e. The van der Waals surface area contributed by atoms with Gasteiger partial charge in [0.1, 0.15) is 12.1 Å². The number of nitrogens with two attached hydrogens (primary N) is 2. The number of amidine groups is 1. The van der Waals surface area contributed by atoms with E-state index in [1.807, 2.05) is 6.08 Å². The van der Waals surface area contributed by atoms with Crippen molar-refractivity contribution in [1.82, 2.24) is 0 Å². The molecule has 0 aliphatic heterocycles. The predicted molar refractivity (Wildman–Crippen MR) is 68.3 cm³/mol. The molecule has 0 bridgehead atoms. The molecule has 16 heavy (non-hydrogen) atoms. The summed E-state index contributed by atoms with van der Waals surface area (Å²) in [6.45, 7) is 0. The van der Waals surface area contributed by atoms with Crippen molar-refractivity contribution in [2.45, 2.75) is 11.8 Å². The number of hydrogen-bond donors (Lipinski definition) is 3. The van der Waals surface area contributed by atoms with E-state index in [1.54, 1.807) is 6.08 Å². The summed E-state index contributed by atoms with van der Waals surface area (Å²) < 4.78 is 0. The Morgan fingerprint density at radius 3 is 2.88 bits per heavy atom. The lowest BCUT2D eigenvalue weighted by Crippen LogP contribution is -2.28. The fraction of sp³-hybridized carbons (Fsp3) is 0.222. The molecule has 0 aromatic carbocycles. The Kier molecular flexibility index (Phi) is 4.52. The Hall–Kier alpha value is -1.33. The number of nitrogens with zero attached hydrogens (tertiary/aromatic N) is 2. The van der Waals surface area contributed by atoms with Crippen LogP contribution in [0.2, 0.25) is 0 Å². The van der Waals surface area contributed by atoms with Crippen molar-refractivity contribution in [1.29, 1.82) is 5.41 Å². The maximum atomic E-state index is 6.82. The molecule has 7 heteroatoms. The molecule has 1 aliphatic rings. The lowest BCUT2D eigenvalue weighted by atomic mass is 10.0. The van der Waals surface area contributed by atoms with Crippen LogP contribution < -0.4 is 11.6 Å². The van der Waals surface area contributed by atoms with E-state index in [1.165, 1.54) is 0 Å². The molecule has 1 atom stereocenters. The van der Waals surface area contributed by atoms with Crippen molar-refractivity contribution in [3.63, 3.8) is 0 Å². The van der Waals surface area contributed by atoms with E-state index in [2.05, 4.69) is 10.1 Å². The molecule has 1 aliphatic carbocycles. The number of alkyl halides is 1. The number of aliphatic imine (C=N–C) groups is 1. The Morgan fingerprint density at radius 2 is 2.31 bits per heavy atom. The molecule has 0 radical (unpaired) electrons. The summed E-state index contributed by atoms with van der Waals surface area (Å²) in [5, 5.41) is 10.5. The molecule has 0 saturated heterocycles. The van der Waals surface area contributed by atoms with Crippen LogP contribution in [0.4, 0.5) is 0 Å². The molecule has 0 fully saturated rings. The molecule has 0 saturated carbocycles. The van der Waals surface area contributed by atoms with Crippen LogP contribution in [0.25, 0.3) is 0 Å². The highest BCUT2D eigenvalue weighted by Crippen LogP contribution is 2.28. The summed E-state index contributed by atoms with van der Waals surface area (Å²) in [6.07, 6.45) is 5.03.